The van der Waals surface area contributed by atoms with Gasteiger partial charge < -0.3 is 10.2 Å². The van der Waals surface area contributed by atoms with Gasteiger partial charge in [-0.25, -0.2) is 0 Å². The lowest BCUT2D eigenvalue weighted by Crippen LogP contribution is -2.38. The summed E-state index contributed by atoms with van der Waals surface area (Å²) in [6.45, 7) is 0.351. The summed E-state index contributed by atoms with van der Waals surface area (Å²) in [6.07, 6.45) is -0.126. The number of amides is 2. The number of hydrogen-bond donors (Lipinski definition) is 1. The maximum absolute atomic E-state index is 12.8. The zero-order valence-electron chi connectivity index (χ0n) is 13.8. The Morgan fingerprint density at radius 2 is 1.96 bits per heavy atom. The molecule has 1 aromatic carbocycles. The molecule has 0 aromatic heterocycles. The summed E-state index contributed by atoms with van der Waals surface area (Å²) in [5, 5.41) is 2.99. The Kier molecular flexibility index (Phi) is 5.01. The van der Waals surface area contributed by atoms with Gasteiger partial charge in [-0.15, -0.1) is 0 Å². The van der Waals surface area contributed by atoms with Gasteiger partial charge in [-0.05, 0) is 30.5 Å². The Morgan fingerprint density at radius 1 is 1.24 bits per heavy atom. The molecule has 0 bridgehead atoms. The maximum Gasteiger partial charge on any atom is 0.416 e. The molecule has 4 nitrogen and oxygen atoms in total. The highest BCUT2D eigenvalue weighted by Crippen LogP contribution is 2.30. The van der Waals surface area contributed by atoms with E-state index in [-0.39, 0.29) is 37.4 Å². The number of likely N-dealkylation sites (tertiary alicyclic amines) is 1. The molecule has 0 spiro atoms. The number of benzene rings is 1. The number of alkyl halides is 3. The predicted molar refractivity (Wildman–Crippen MR) is 85.4 cm³/mol. The van der Waals surface area contributed by atoms with Crippen LogP contribution in [-0.2, 0) is 22.3 Å². The van der Waals surface area contributed by atoms with E-state index >= 15 is 0 Å². The van der Waals surface area contributed by atoms with Crippen LogP contribution in [0.1, 0.15) is 43.2 Å². The van der Waals surface area contributed by atoms with Crippen molar-refractivity contribution in [1.82, 2.24) is 10.2 Å². The maximum atomic E-state index is 12.8. The van der Waals surface area contributed by atoms with Crippen molar-refractivity contribution in [3.05, 3.63) is 35.4 Å². The molecular weight excluding hydrogens is 333 g/mol. The Bertz CT molecular complexity index is 654. The predicted octanol–water partition coefficient (Wildman–Crippen LogP) is 3.11. The Labute approximate surface area is 144 Å². The van der Waals surface area contributed by atoms with Gasteiger partial charge in [0, 0.05) is 25.6 Å². The van der Waals surface area contributed by atoms with E-state index < -0.39 is 17.7 Å². The normalized spacial score (nSPS) is 21.8. The van der Waals surface area contributed by atoms with Crippen molar-refractivity contribution in [2.45, 2.75) is 50.9 Å². The second kappa shape index (κ2) is 7.06. The van der Waals surface area contributed by atoms with Gasteiger partial charge in [-0.1, -0.05) is 25.0 Å². The summed E-state index contributed by atoms with van der Waals surface area (Å²) in [5.74, 6) is -0.727. The average Bonchev–Trinajstić information content (AvgIpc) is 3.17. The molecular formula is C18H21F3N2O2. The molecule has 1 atom stereocenters. The minimum Gasteiger partial charge on any atom is -0.353 e. The number of nitrogens with one attached hydrogen (secondary N) is 1. The lowest BCUT2D eigenvalue weighted by molar-refractivity contribution is -0.137. The first-order valence-corrected chi connectivity index (χ1v) is 8.57. The third-order valence-electron chi connectivity index (χ3n) is 4.91. The highest BCUT2D eigenvalue weighted by Gasteiger charge is 2.36. The van der Waals surface area contributed by atoms with Crippen LogP contribution >= 0.6 is 0 Å². The van der Waals surface area contributed by atoms with Crippen LogP contribution < -0.4 is 5.32 Å². The zero-order valence-corrected chi connectivity index (χ0v) is 13.8. The summed E-state index contributed by atoms with van der Waals surface area (Å²) >= 11 is 0. The minimum absolute atomic E-state index is 0.0932. The van der Waals surface area contributed by atoms with Crippen LogP contribution in [0.25, 0.3) is 0 Å². The second-order valence-electron chi connectivity index (χ2n) is 6.86. The molecule has 0 unspecified atom stereocenters. The van der Waals surface area contributed by atoms with Crippen LogP contribution in [0.5, 0.6) is 0 Å². The fourth-order valence-corrected chi connectivity index (χ4v) is 3.56. The molecule has 1 heterocycles. The van der Waals surface area contributed by atoms with Gasteiger partial charge in [-0.3, -0.25) is 9.59 Å². The number of halogens is 3. The summed E-state index contributed by atoms with van der Waals surface area (Å²) in [6, 6.07) is 5.16. The number of nitrogens with zero attached hydrogens (tertiary/aromatic N) is 1. The van der Waals surface area contributed by atoms with Crippen molar-refractivity contribution in [3.8, 4) is 0 Å². The van der Waals surface area contributed by atoms with Crippen molar-refractivity contribution >= 4 is 11.8 Å². The molecule has 1 saturated heterocycles. The largest absolute Gasteiger partial charge is 0.416 e. The van der Waals surface area contributed by atoms with Gasteiger partial charge >= 0.3 is 6.18 Å². The first kappa shape index (κ1) is 17.8. The van der Waals surface area contributed by atoms with E-state index in [1.165, 1.54) is 11.0 Å². The lowest BCUT2D eigenvalue weighted by atomic mass is 10.1. The molecule has 1 aliphatic carbocycles. The third-order valence-corrected chi connectivity index (χ3v) is 4.91. The van der Waals surface area contributed by atoms with Crippen LogP contribution in [0.2, 0.25) is 0 Å². The zero-order chi connectivity index (χ0) is 18.0. The fourth-order valence-electron chi connectivity index (χ4n) is 3.56. The Balaban J connectivity index is 1.60. The molecule has 1 aromatic rings. The minimum atomic E-state index is -4.41. The monoisotopic (exact) mass is 354 g/mol. The van der Waals surface area contributed by atoms with Crippen molar-refractivity contribution in [2.75, 3.05) is 6.54 Å². The van der Waals surface area contributed by atoms with Gasteiger partial charge in [0.2, 0.25) is 11.8 Å². The van der Waals surface area contributed by atoms with Crippen LogP contribution in [0.15, 0.2) is 24.3 Å². The summed E-state index contributed by atoms with van der Waals surface area (Å²) < 4.78 is 38.4. The van der Waals surface area contributed by atoms with E-state index in [1.807, 2.05) is 0 Å². The van der Waals surface area contributed by atoms with Crippen LogP contribution in [-0.4, -0.2) is 29.3 Å². The SMILES string of the molecule is O=C(NC1CCCC1)[C@@H]1CC(=O)N(Cc2cccc(C(F)(F)F)c2)C1. The molecule has 1 aliphatic heterocycles. The molecule has 1 N–H and O–H groups in total. The molecule has 136 valence electrons. The fraction of sp³-hybridized carbons (Fsp3) is 0.556. The van der Waals surface area contributed by atoms with Crippen molar-refractivity contribution in [2.24, 2.45) is 5.92 Å². The van der Waals surface area contributed by atoms with E-state index in [0.29, 0.717) is 5.56 Å². The molecule has 2 fully saturated rings. The van der Waals surface area contributed by atoms with E-state index in [1.54, 1.807) is 6.07 Å². The molecule has 7 heteroatoms. The highest BCUT2D eigenvalue weighted by atomic mass is 19.4. The average molecular weight is 354 g/mol. The number of hydrogen-bond acceptors (Lipinski definition) is 2. The summed E-state index contributed by atoms with van der Waals surface area (Å²) in [5.41, 5.74) is -0.313. The standard InChI is InChI=1S/C18H21F3N2O2/c19-18(20,21)14-5-3-4-12(8-14)10-23-11-13(9-16(23)24)17(25)22-15-6-1-2-7-15/h3-5,8,13,15H,1-2,6-7,9-11H2,(H,22,25)/t13-/m1/s1. The highest BCUT2D eigenvalue weighted by molar-refractivity contribution is 5.89. The molecule has 0 radical (unpaired) electrons. The Morgan fingerprint density at radius 3 is 2.64 bits per heavy atom. The van der Waals surface area contributed by atoms with E-state index in [2.05, 4.69) is 5.32 Å². The van der Waals surface area contributed by atoms with Crippen molar-refractivity contribution in [3.63, 3.8) is 0 Å². The molecule has 2 amide bonds. The van der Waals surface area contributed by atoms with Gasteiger partial charge in [0.15, 0.2) is 0 Å². The summed E-state index contributed by atoms with van der Waals surface area (Å²) in [7, 11) is 0. The number of carbonyl (C=O) groups excluding carboxylic acids is 2. The van der Waals surface area contributed by atoms with Gasteiger partial charge in [0.05, 0.1) is 11.5 Å². The molecule has 25 heavy (non-hydrogen) atoms. The van der Waals surface area contributed by atoms with Crippen LogP contribution in [0, 0.1) is 5.92 Å². The lowest BCUT2D eigenvalue weighted by Gasteiger charge is -2.18. The topological polar surface area (TPSA) is 49.4 Å². The van der Waals surface area contributed by atoms with Gasteiger partial charge in [-0.2, -0.15) is 13.2 Å². The number of carbonyl (C=O) groups is 2. The van der Waals surface area contributed by atoms with Crippen LogP contribution in [0.3, 0.4) is 0 Å². The first-order chi connectivity index (χ1) is 11.8. The van der Waals surface area contributed by atoms with Crippen molar-refractivity contribution in [1.29, 1.82) is 0 Å². The molecule has 2 aliphatic rings. The van der Waals surface area contributed by atoms with E-state index in [4.69, 9.17) is 0 Å². The first-order valence-electron chi connectivity index (χ1n) is 8.57. The van der Waals surface area contributed by atoms with Crippen molar-refractivity contribution < 1.29 is 22.8 Å². The van der Waals surface area contributed by atoms with E-state index in [9.17, 15) is 22.8 Å². The van der Waals surface area contributed by atoms with Gasteiger partial charge in [0.1, 0.15) is 0 Å². The molecule has 3 rings (SSSR count). The smallest absolute Gasteiger partial charge is 0.353 e. The molecule has 1 saturated carbocycles. The van der Waals surface area contributed by atoms with Crippen LogP contribution in [0.4, 0.5) is 13.2 Å². The third kappa shape index (κ3) is 4.32. The van der Waals surface area contributed by atoms with E-state index in [0.717, 1.165) is 37.8 Å². The Hall–Kier alpha value is -2.05. The summed E-state index contributed by atoms with van der Waals surface area (Å²) in [4.78, 5) is 25.9. The quantitative estimate of drug-likeness (QED) is 0.903. The van der Waals surface area contributed by atoms with Gasteiger partial charge in [0.25, 0.3) is 0 Å². The number of rotatable bonds is 4. The second-order valence-corrected chi connectivity index (χ2v) is 6.86.